The Hall–Kier alpha value is -3.99. The van der Waals surface area contributed by atoms with Crippen molar-refractivity contribution in [3.05, 3.63) is 94.4 Å². The first-order chi connectivity index (χ1) is 21.1. The molecule has 2 fully saturated rings. The summed E-state index contributed by atoms with van der Waals surface area (Å²) in [4.78, 5) is 38.4. The fraction of sp³-hybridized carbons (Fsp3) is 0.394. The van der Waals surface area contributed by atoms with Gasteiger partial charge in [0, 0.05) is 70.0 Å². The Morgan fingerprint density at radius 1 is 1.00 bits per heavy atom. The predicted molar refractivity (Wildman–Crippen MR) is 170 cm³/mol. The molecule has 2 amide bonds. The van der Waals surface area contributed by atoms with E-state index in [1.807, 2.05) is 72.7 Å². The Balaban J connectivity index is 1.12. The Bertz CT molecular complexity index is 1650. The van der Waals surface area contributed by atoms with E-state index < -0.39 is 5.60 Å². The van der Waals surface area contributed by atoms with Crippen LogP contribution in [-0.4, -0.2) is 106 Å². The lowest BCUT2D eigenvalue weighted by Gasteiger charge is -2.39. The summed E-state index contributed by atoms with van der Waals surface area (Å²) in [5, 5.41) is 16.7. The number of piperidine rings is 1. The predicted octanol–water partition coefficient (Wildman–Crippen LogP) is 3.31. The molecule has 2 aliphatic rings. The van der Waals surface area contributed by atoms with Crippen LogP contribution in [0.15, 0.2) is 66.9 Å². The fourth-order valence-corrected chi connectivity index (χ4v) is 6.30. The van der Waals surface area contributed by atoms with Crippen LogP contribution in [0.1, 0.15) is 40.2 Å². The molecule has 230 valence electrons. The van der Waals surface area contributed by atoms with Gasteiger partial charge in [0.05, 0.1) is 11.3 Å². The smallest absolute Gasteiger partial charge is 0.253 e. The van der Waals surface area contributed by atoms with E-state index in [-0.39, 0.29) is 17.9 Å². The summed E-state index contributed by atoms with van der Waals surface area (Å²) in [7, 11) is 5.41. The minimum absolute atomic E-state index is 0.00296. The molecule has 0 saturated carbocycles. The van der Waals surface area contributed by atoms with Crippen LogP contribution in [0, 0.1) is 0 Å². The van der Waals surface area contributed by atoms with E-state index in [0.29, 0.717) is 68.4 Å². The highest BCUT2D eigenvalue weighted by atomic mass is 35.5. The molecule has 4 aromatic rings. The first-order valence-corrected chi connectivity index (χ1v) is 15.4. The highest BCUT2D eigenvalue weighted by molar-refractivity contribution is 6.30. The third-order valence-electron chi connectivity index (χ3n) is 8.92. The topological polar surface area (TPSA) is 97.5 Å². The van der Waals surface area contributed by atoms with Crippen molar-refractivity contribution >= 4 is 34.7 Å². The average molecular weight is 616 g/mol. The number of aliphatic hydroxyl groups is 1. The van der Waals surface area contributed by atoms with Crippen molar-refractivity contribution in [3.63, 3.8) is 0 Å². The van der Waals surface area contributed by atoms with Gasteiger partial charge in [0.15, 0.2) is 11.5 Å². The third-order valence-corrected chi connectivity index (χ3v) is 9.17. The van der Waals surface area contributed by atoms with Crippen LogP contribution in [0.3, 0.4) is 0 Å². The van der Waals surface area contributed by atoms with Crippen LogP contribution in [0.2, 0.25) is 5.02 Å². The van der Waals surface area contributed by atoms with Crippen LogP contribution in [-0.2, 0) is 16.8 Å². The van der Waals surface area contributed by atoms with E-state index >= 15 is 0 Å². The van der Waals surface area contributed by atoms with Crippen molar-refractivity contribution in [2.45, 2.75) is 30.9 Å². The molecule has 2 saturated heterocycles. The van der Waals surface area contributed by atoms with Gasteiger partial charge in [-0.25, -0.2) is 9.50 Å². The standard InChI is InChI=1S/C33H38ClN7O3/c1-37(2)32(43)28-22-40(20-19-38(28)3)31(42)24-8-6-23(7-9-24)21-29-35-30-27(5-4-16-41(30)36-29)39-17-14-33(44,15-18-39)25-10-12-26(34)13-11-25/h4-13,16,28,44H,14-15,17-22H2,1-3H3. The third kappa shape index (κ3) is 6.02. The summed E-state index contributed by atoms with van der Waals surface area (Å²) in [5.74, 6) is 0.625. The number of likely N-dealkylation sites (N-methyl/N-ethyl adjacent to an activating group) is 2. The molecule has 44 heavy (non-hydrogen) atoms. The van der Waals surface area contributed by atoms with Gasteiger partial charge in [-0.05, 0) is 67.4 Å². The van der Waals surface area contributed by atoms with Crippen LogP contribution in [0.5, 0.6) is 0 Å². The number of amides is 2. The number of nitrogens with zero attached hydrogens (tertiary/aromatic N) is 7. The molecule has 10 nitrogen and oxygen atoms in total. The van der Waals surface area contributed by atoms with Crippen LogP contribution in [0.25, 0.3) is 5.65 Å². The molecule has 1 unspecified atom stereocenters. The average Bonchev–Trinajstić information content (AvgIpc) is 3.44. The molecule has 2 aromatic heterocycles. The SMILES string of the molecule is CN(C)C(=O)C1CN(C(=O)c2ccc(Cc3nc4c(N5CCC(O)(c6ccc(Cl)cc6)CC5)cccn4n3)cc2)CCN1C. The molecule has 0 radical (unpaired) electrons. The number of carbonyl (C=O) groups is 2. The van der Waals surface area contributed by atoms with Crippen molar-refractivity contribution in [2.75, 3.05) is 58.8 Å². The number of halogens is 1. The molecule has 2 aromatic carbocycles. The minimum atomic E-state index is -0.881. The molecule has 0 bridgehead atoms. The minimum Gasteiger partial charge on any atom is -0.385 e. The van der Waals surface area contributed by atoms with E-state index in [2.05, 4.69) is 11.0 Å². The van der Waals surface area contributed by atoms with Gasteiger partial charge in [0.2, 0.25) is 5.91 Å². The van der Waals surface area contributed by atoms with Gasteiger partial charge in [-0.15, -0.1) is 0 Å². The highest BCUT2D eigenvalue weighted by Crippen LogP contribution is 2.36. The summed E-state index contributed by atoms with van der Waals surface area (Å²) in [6.45, 7) is 2.98. The Morgan fingerprint density at radius 2 is 1.70 bits per heavy atom. The number of aromatic nitrogens is 3. The number of pyridine rings is 1. The van der Waals surface area contributed by atoms with Crippen LogP contribution in [0.4, 0.5) is 5.69 Å². The summed E-state index contributed by atoms with van der Waals surface area (Å²) >= 11 is 6.05. The van der Waals surface area contributed by atoms with Gasteiger partial charge in [-0.1, -0.05) is 35.9 Å². The number of carbonyl (C=O) groups excluding carboxylic acids is 2. The van der Waals surface area contributed by atoms with Crippen molar-refractivity contribution in [2.24, 2.45) is 0 Å². The Morgan fingerprint density at radius 3 is 2.39 bits per heavy atom. The number of fused-ring (bicyclic) bond motifs is 1. The van der Waals surface area contributed by atoms with Gasteiger partial charge in [0.1, 0.15) is 6.04 Å². The van der Waals surface area contributed by atoms with Crippen molar-refractivity contribution in [3.8, 4) is 0 Å². The molecule has 11 heteroatoms. The maximum absolute atomic E-state index is 13.3. The summed E-state index contributed by atoms with van der Waals surface area (Å²) in [6.07, 6.45) is 3.63. The highest BCUT2D eigenvalue weighted by Gasteiger charge is 2.35. The molecule has 2 aliphatic heterocycles. The molecular formula is C33H38ClN7O3. The van der Waals surface area contributed by atoms with E-state index in [9.17, 15) is 14.7 Å². The van der Waals surface area contributed by atoms with Gasteiger partial charge in [-0.3, -0.25) is 14.5 Å². The van der Waals surface area contributed by atoms with Gasteiger partial charge < -0.3 is 19.8 Å². The van der Waals surface area contributed by atoms with Gasteiger partial charge in [-0.2, -0.15) is 5.10 Å². The van der Waals surface area contributed by atoms with E-state index in [1.54, 1.807) is 28.4 Å². The van der Waals surface area contributed by atoms with Crippen molar-refractivity contribution < 1.29 is 14.7 Å². The zero-order valence-electron chi connectivity index (χ0n) is 25.4. The number of anilines is 1. The largest absolute Gasteiger partial charge is 0.385 e. The zero-order chi connectivity index (χ0) is 31.0. The molecule has 6 rings (SSSR count). The van der Waals surface area contributed by atoms with E-state index in [0.717, 1.165) is 22.5 Å². The maximum atomic E-state index is 13.3. The number of hydrogen-bond acceptors (Lipinski definition) is 7. The number of piperazine rings is 1. The second kappa shape index (κ2) is 12.2. The number of hydrogen-bond donors (Lipinski definition) is 1. The number of rotatable bonds is 6. The zero-order valence-corrected chi connectivity index (χ0v) is 26.1. The number of benzene rings is 2. The lowest BCUT2D eigenvalue weighted by atomic mass is 9.84. The summed E-state index contributed by atoms with van der Waals surface area (Å²) < 4.78 is 1.81. The lowest BCUT2D eigenvalue weighted by molar-refractivity contribution is -0.135. The molecule has 1 N–H and O–H groups in total. The molecular weight excluding hydrogens is 578 g/mol. The van der Waals surface area contributed by atoms with Gasteiger partial charge in [0.25, 0.3) is 5.91 Å². The lowest BCUT2D eigenvalue weighted by Crippen LogP contribution is -2.58. The van der Waals surface area contributed by atoms with E-state index in [4.69, 9.17) is 21.7 Å². The van der Waals surface area contributed by atoms with Gasteiger partial charge >= 0.3 is 0 Å². The Labute approximate surface area is 262 Å². The molecule has 1 atom stereocenters. The van der Waals surface area contributed by atoms with E-state index in [1.165, 1.54) is 0 Å². The normalized spacial score (nSPS) is 18.9. The second-order valence-corrected chi connectivity index (χ2v) is 12.5. The Kier molecular flexibility index (Phi) is 8.32. The molecule has 4 heterocycles. The fourth-order valence-electron chi connectivity index (χ4n) is 6.18. The first-order valence-electron chi connectivity index (χ1n) is 15.0. The van der Waals surface area contributed by atoms with Crippen molar-refractivity contribution in [1.82, 2.24) is 29.3 Å². The first kappa shape index (κ1) is 30.1. The molecule has 0 spiro atoms. The quantitative estimate of drug-likeness (QED) is 0.355. The molecule has 0 aliphatic carbocycles. The van der Waals surface area contributed by atoms with Crippen LogP contribution < -0.4 is 4.90 Å². The van der Waals surface area contributed by atoms with Crippen LogP contribution >= 0.6 is 11.6 Å². The van der Waals surface area contributed by atoms with Crippen molar-refractivity contribution in [1.29, 1.82) is 0 Å². The summed E-state index contributed by atoms with van der Waals surface area (Å²) in [6, 6.07) is 18.7. The second-order valence-electron chi connectivity index (χ2n) is 12.1. The monoisotopic (exact) mass is 615 g/mol. The summed E-state index contributed by atoms with van der Waals surface area (Å²) in [5.41, 5.74) is 3.39. The maximum Gasteiger partial charge on any atom is 0.253 e.